The normalized spacial score (nSPS) is 24.4. The Morgan fingerprint density at radius 2 is 2.00 bits per heavy atom. The van der Waals surface area contributed by atoms with Crippen LogP contribution in [-0.4, -0.2) is 64.1 Å². The lowest BCUT2D eigenvalue weighted by Gasteiger charge is -2.34. The van der Waals surface area contributed by atoms with Crippen LogP contribution in [0, 0.1) is 0 Å². The number of likely N-dealkylation sites (tertiary alicyclic amines) is 2. The molecule has 6 nitrogen and oxygen atoms in total. The van der Waals surface area contributed by atoms with E-state index >= 15 is 0 Å². The van der Waals surface area contributed by atoms with Crippen molar-refractivity contribution in [2.24, 2.45) is 5.73 Å². The standard InChI is InChI=1S/C15H22N4O2/c16-12-1-4-18(5-2-12)13-3-6-19(10-13)15(21)11-7-14(20)9-17-8-11/h7-9,12-13,20H,1-6,10,16H2. The molecule has 21 heavy (non-hydrogen) atoms. The average Bonchev–Trinajstić information content (AvgIpc) is 2.97. The monoisotopic (exact) mass is 290 g/mol. The summed E-state index contributed by atoms with van der Waals surface area (Å²) in [6.07, 6.45) is 5.94. The smallest absolute Gasteiger partial charge is 0.255 e. The van der Waals surface area contributed by atoms with E-state index in [4.69, 9.17) is 5.73 Å². The zero-order valence-corrected chi connectivity index (χ0v) is 12.1. The first-order valence-electron chi connectivity index (χ1n) is 7.56. The first-order valence-corrected chi connectivity index (χ1v) is 7.56. The largest absolute Gasteiger partial charge is 0.506 e. The van der Waals surface area contributed by atoms with Crippen LogP contribution in [0.3, 0.4) is 0 Å². The average molecular weight is 290 g/mol. The van der Waals surface area contributed by atoms with E-state index in [1.807, 2.05) is 4.90 Å². The summed E-state index contributed by atoms with van der Waals surface area (Å²) in [5, 5.41) is 9.43. The molecule has 2 fully saturated rings. The van der Waals surface area contributed by atoms with Crippen molar-refractivity contribution >= 4 is 5.91 Å². The molecule has 0 bridgehead atoms. The first kappa shape index (κ1) is 14.3. The molecule has 0 aromatic carbocycles. The zero-order chi connectivity index (χ0) is 14.8. The second-order valence-corrected chi connectivity index (χ2v) is 6.00. The highest BCUT2D eigenvalue weighted by Crippen LogP contribution is 2.22. The van der Waals surface area contributed by atoms with Gasteiger partial charge in [0.05, 0.1) is 11.8 Å². The number of aromatic hydroxyl groups is 1. The van der Waals surface area contributed by atoms with Crippen LogP contribution >= 0.6 is 0 Å². The van der Waals surface area contributed by atoms with E-state index in [1.54, 1.807) is 0 Å². The molecule has 0 radical (unpaired) electrons. The van der Waals surface area contributed by atoms with Crippen molar-refractivity contribution < 1.29 is 9.90 Å². The van der Waals surface area contributed by atoms with Gasteiger partial charge in [0.15, 0.2) is 0 Å². The molecular formula is C15H22N4O2. The lowest BCUT2D eigenvalue weighted by atomic mass is 10.0. The fraction of sp³-hybridized carbons (Fsp3) is 0.600. The minimum atomic E-state index is -0.0467. The van der Waals surface area contributed by atoms with E-state index in [-0.39, 0.29) is 11.7 Å². The molecule has 0 spiro atoms. The molecule has 0 saturated carbocycles. The van der Waals surface area contributed by atoms with Crippen LogP contribution in [0.5, 0.6) is 5.75 Å². The lowest BCUT2D eigenvalue weighted by molar-refractivity contribution is 0.0768. The van der Waals surface area contributed by atoms with E-state index in [2.05, 4.69) is 9.88 Å². The molecular weight excluding hydrogens is 268 g/mol. The molecule has 3 N–H and O–H groups in total. The van der Waals surface area contributed by atoms with Gasteiger partial charge in [-0.1, -0.05) is 0 Å². The summed E-state index contributed by atoms with van der Waals surface area (Å²) in [4.78, 5) is 20.6. The number of carbonyl (C=O) groups is 1. The Morgan fingerprint density at radius 3 is 2.71 bits per heavy atom. The molecule has 1 atom stereocenters. The maximum Gasteiger partial charge on any atom is 0.255 e. The molecule has 2 aliphatic rings. The number of carbonyl (C=O) groups excluding carboxylic acids is 1. The van der Waals surface area contributed by atoms with E-state index in [0.29, 0.717) is 17.6 Å². The maximum absolute atomic E-state index is 12.4. The summed E-state index contributed by atoms with van der Waals surface area (Å²) in [5.41, 5.74) is 6.39. The third-order valence-corrected chi connectivity index (χ3v) is 4.51. The second kappa shape index (κ2) is 5.99. The number of aromatic nitrogens is 1. The van der Waals surface area contributed by atoms with Crippen LogP contribution in [0.15, 0.2) is 18.5 Å². The van der Waals surface area contributed by atoms with Crippen molar-refractivity contribution in [2.45, 2.75) is 31.3 Å². The van der Waals surface area contributed by atoms with E-state index in [1.165, 1.54) is 18.5 Å². The van der Waals surface area contributed by atoms with Crippen molar-refractivity contribution in [3.63, 3.8) is 0 Å². The Hall–Kier alpha value is -1.66. The summed E-state index contributed by atoms with van der Waals surface area (Å²) in [6, 6.07) is 2.24. The molecule has 1 amide bonds. The number of hydrogen-bond donors (Lipinski definition) is 2. The van der Waals surface area contributed by atoms with Crippen LogP contribution in [0.2, 0.25) is 0 Å². The molecule has 6 heteroatoms. The van der Waals surface area contributed by atoms with Crippen molar-refractivity contribution in [1.82, 2.24) is 14.8 Å². The molecule has 1 aromatic heterocycles. The molecule has 1 aromatic rings. The SMILES string of the molecule is NC1CCN(C2CCN(C(=O)c3cncc(O)c3)C2)CC1. The van der Waals surface area contributed by atoms with Crippen LogP contribution in [0.1, 0.15) is 29.6 Å². The number of piperidine rings is 1. The summed E-state index contributed by atoms with van der Waals surface area (Å²) < 4.78 is 0. The zero-order valence-electron chi connectivity index (χ0n) is 12.1. The lowest BCUT2D eigenvalue weighted by Crippen LogP contribution is -2.46. The first-order chi connectivity index (χ1) is 10.1. The fourth-order valence-corrected chi connectivity index (χ4v) is 3.24. The third kappa shape index (κ3) is 3.16. The maximum atomic E-state index is 12.4. The predicted octanol–water partition coefficient (Wildman–Crippen LogP) is 0.425. The molecule has 1 unspecified atom stereocenters. The molecule has 3 heterocycles. The van der Waals surface area contributed by atoms with Gasteiger partial charge in [-0.15, -0.1) is 0 Å². The van der Waals surface area contributed by atoms with Gasteiger partial charge in [-0.2, -0.15) is 0 Å². The van der Waals surface area contributed by atoms with Crippen molar-refractivity contribution in [3.8, 4) is 5.75 Å². The van der Waals surface area contributed by atoms with Crippen LogP contribution in [0.4, 0.5) is 0 Å². The Labute approximate surface area is 124 Å². The predicted molar refractivity (Wildman–Crippen MR) is 79.0 cm³/mol. The minimum Gasteiger partial charge on any atom is -0.506 e. The Balaban J connectivity index is 1.60. The van der Waals surface area contributed by atoms with Gasteiger partial charge >= 0.3 is 0 Å². The highest BCUT2D eigenvalue weighted by Gasteiger charge is 2.32. The van der Waals surface area contributed by atoms with Gasteiger partial charge < -0.3 is 15.7 Å². The van der Waals surface area contributed by atoms with E-state index in [0.717, 1.165) is 45.4 Å². The molecule has 3 rings (SSSR count). The third-order valence-electron chi connectivity index (χ3n) is 4.51. The summed E-state index contributed by atoms with van der Waals surface area (Å²) in [5.74, 6) is -0.0174. The van der Waals surface area contributed by atoms with Gasteiger partial charge in [0.2, 0.25) is 0 Å². The number of hydrogen-bond acceptors (Lipinski definition) is 5. The number of amides is 1. The van der Waals surface area contributed by atoms with Gasteiger partial charge in [-0.05, 0) is 38.4 Å². The molecule has 0 aliphatic carbocycles. The Bertz CT molecular complexity index is 514. The summed E-state index contributed by atoms with van der Waals surface area (Å²) in [7, 11) is 0. The van der Waals surface area contributed by atoms with Crippen LogP contribution < -0.4 is 5.73 Å². The summed E-state index contributed by atoms with van der Waals surface area (Å²) in [6.45, 7) is 3.58. The van der Waals surface area contributed by atoms with Crippen LogP contribution in [0.25, 0.3) is 0 Å². The summed E-state index contributed by atoms with van der Waals surface area (Å²) >= 11 is 0. The number of nitrogens with two attached hydrogens (primary N) is 1. The topological polar surface area (TPSA) is 82.7 Å². The van der Waals surface area contributed by atoms with E-state index < -0.39 is 0 Å². The number of nitrogens with zero attached hydrogens (tertiary/aromatic N) is 3. The Morgan fingerprint density at radius 1 is 1.24 bits per heavy atom. The quantitative estimate of drug-likeness (QED) is 0.825. The molecule has 2 saturated heterocycles. The highest BCUT2D eigenvalue weighted by atomic mass is 16.3. The number of pyridine rings is 1. The molecule has 2 aliphatic heterocycles. The van der Waals surface area contributed by atoms with Crippen molar-refractivity contribution in [1.29, 1.82) is 0 Å². The second-order valence-electron chi connectivity index (χ2n) is 6.00. The van der Waals surface area contributed by atoms with Gasteiger partial charge in [-0.3, -0.25) is 14.7 Å². The van der Waals surface area contributed by atoms with E-state index in [9.17, 15) is 9.90 Å². The Kier molecular flexibility index (Phi) is 4.07. The minimum absolute atomic E-state index is 0.0293. The van der Waals surface area contributed by atoms with Gasteiger partial charge in [0, 0.05) is 31.4 Å². The van der Waals surface area contributed by atoms with Gasteiger partial charge in [0.1, 0.15) is 5.75 Å². The highest BCUT2D eigenvalue weighted by molar-refractivity contribution is 5.94. The van der Waals surface area contributed by atoms with Crippen LogP contribution in [-0.2, 0) is 0 Å². The van der Waals surface area contributed by atoms with Gasteiger partial charge in [0.25, 0.3) is 5.91 Å². The van der Waals surface area contributed by atoms with Crippen molar-refractivity contribution in [2.75, 3.05) is 26.2 Å². The molecule has 114 valence electrons. The van der Waals surface area contributed by atoms with Gasteiger partial charge in [-0.25, -0.2) is 0 Å². The fourth-order valence-electron chi connectivity index (χ4n) is 3.24. The van der Waals surface area contributed by atoms with Crippen molar-refractivity contribution in [3.05, 3.63) is 24.0 Å². The number of rotatable bonds is 2.